The lowest BCUT2D eigenvalue weighted by molar-refractivity contribution is -0.170. The fourth-order valence-corrected chi connectivity index (χ4v) is 1.42. The highest BCUT2D eigenvalue weighted by atomic mass is 19.3. The fourth-order valence-electron chi connectivity index (χ4n) is 1.42. The largest absolute Gasteiger partial charge is 0.464 e. The summed E-state index contributed by atoms with van der Waals surface area (Å²) >= 11 is 0. The van der Waals surface area contributed by atoms with Crippen LogP contribution in [0.1, 0.15) is 24.5 Å². The summed E-state index contributed by atoms with van der Waals surface area (Å²) in [6.07, 6.45) is 1.79. The minimum absolute atomic E-state index is 0.334. The van der Waals surface area contributed by atoms with Gasteiger partial charge in [-0.15, -0.1) is 0 Å². The number of benzene rings is 1. The van der Waals surface area contributed by atoms with Crippen LogP contribution in [0.4, 0.5) is 8.78 Å². The SMILES string of the molecule is CCCc1ccc(C(F)(F)C(=O)OC)cc1. The van der Waals surface area contributed by atoms with Gasteiger partial charge in [0.15, 0.2) is 0 Å². The van der Waals surface area contributed by atoms with Crippen molar-refractivity contribution in [2.75, 3.05) is 7.11 Å². The third kappa shape index (κ3) is 2.56. The second kappa shape index (κ2) is 5.05. The van der Waals surface area contributed by atoms with Gasteiger partial charge in [-0.2, -0.15) is 8.78 Å². The Morgan fingerprint density at radius 2 is 1.88 bits per heavy atom. The van der Waals surface area contributed by atoms with Crippen molar-refractivity contribution in [2.45, 2.75) is 25.7 Å². The summed E-state index contributed by atoms with van der Waals surface area (Å²) in [5, 5.41) is 0. The molecule has 88 valence electrons. The maximum absolute atomic E-state index is 13.4. The molecule has 0 spiro atoms. The number of esters is 1. The van der Waals surface area contributed by atoms with Crippen molar-refractivity contribution >= 4 is 5.97 Å². The lowest BCUT2D eigenvalue weighted by atomic mass is 10.0. The van der Waals surface area contributed by atoms with Crippen molar-refractivity contribution in [1.29, 1.82) is 0 Å². The molecule has 0 saturated carbocycles. The number of hydrogen-bond acceptors (Lipinski definition) is 2. The Morgan fingerprint density at radius 3 is 2.31 bits per heavy atom. The average Bonchev–Trinajstić information content (AvgIpc) is 2.29. The summed E-state index contributed by atoms with van der Waals surface area (Å²) in [5.41, 5.74) is 0.645. The van der Waals surface area contributed by atoms with E-state index in [1.54, 1.807) is 12.1 Å². The molecule has 0 bridgehead atoms. The minimum atomic E-state index is -3.57. The molecule has 2 nitrogen and oxygen atoms in total. The Kier molecular flexibility index (Phi) is 3.99. The Bertz CT molecular complexity index is 358. The van der Waals surface area contributed by atoms with Crippen LogP contribution < -0.4 is 0 Å². The Labute approximate surface area is 93.2 Å². The van der Waals surface area contributed by atoms with Crippen LogP contribution in [0.15, 0.2) is 24.3 Å². The number of carbonyl (C=O) groups excluding carboxylic acids is 1. The highest BCUT2D eigenvalue weighted by Crippen LogP contribution is 2.29. The predicted octanol–water partition coefficient (Wildman–Crippen LogP) is 2.90. The molecule has 0 aliphatic heterocycles. The number of hydrogen-bond donors (Lipinski definition) is 0. The normalized spacial score (nSPS) is 11.2. The molecule has 0 aliphatic carbocycles. The smallest absolute Gasteiger partial charge is 0.381 e. The number of rotatable bonds is 4. The summed E-state index contributed by atoms with van der Waals surface area (Å²) in [7, 11) is 0.946. The van der Waals surface area contributed by atoms with Gasteiger partial charge in [0.2, 0.25) is 0 Å². The number of alkyl halides is 2. The average molecular weight is 228 g/mol. The van der Waals surface area contributed by atoms with E-state index in [9.17, 15) is 13.6 Å². The second-order valence-electron chi connectivity index (χ2n) is 3.51. The maximum atomic E-state index is 13.4. The standard InChI is InChI=1S/C12H14F2O2/c1-3-4-9-5-7-10(8-6-9)12(13,14)11(15)16-2/h5-8H,3-4H2,1-2H3. The van der Waals surface area contributed by atoms with Gasteiger partial charge in [0.25, 0.3) is 0 Å². The number of methoxy groups -OCH3 is 1. The molecule has 1 rings (SSSR count). The van der Waals surface area contributed by atoms with E-state index in [1.807, 2.05) is 6.92 Å². The molecule has 0 atom stereocenters. The zero-order valence-electron chi connectivity index (χ0n) is 9.30. The van der Waals surface area contributed by atoms with Crippen LogP contribution in [-0.4, -0.2) is 13.1 Å². The van der Waals surface area contributed by atoms with Crippen LogP contribution >= 0.6 is 0 Å². The number of ether oxygens (including phenoxy) is 1. The van der Waals surface area contributed by atoms with Gasteiger partial charge in [0.1, 0.15) is 0 Å². The summed E-state index contributed by atoms with van der Waals surface area (Å²) in [6.45, 7) is 2.01. The first-order valence-corrected chi connectivity index (χ1v) is 5.08. The molecular formula is C12H14F2O2. The van der Waals surface area contributed by atoms with Gasteiger partial charge in [0, 0.05) is 5.56 Å². The van der Waals surface area contributed by atoms with Crippen molar-refractivity contribution in [3.05, 3.63) is 35.4 Å². The van der Waals surface area contributed by atoms with E-state index < -0.39 is 11.9 Å². The second-order valence-corrected chi connectivity index (χ2v) is 3.51. The monoisotopic (exact) mass is 228 g/mol. The molecule has 16 heavy (non-hydrogen) atoms. The Morgan fingerprint density at radius 1 is 1.31 bits per heavy atom. The molecule has 0 unspecified atom stereocenters. The van der Waals surface area contributed by atoms with E-state index in [2.05, 4.69) is 4.74 Å². The first-order chi connectivity index (χ1) is 7.52. The molecule has 0 aliphatic rings. The van der Waals surface area contributed by atoms with Gasteiger partial charge in [-0.1, -0.05) is 37.6 Å². The molecule has 0 saturated heterocycles. The van der Waals surface area contributed by atoms with E-state index in [-0.39, 0.29) is 5.56 Å². The molecule has 1 aromatic rings. The van der Waals surface area contributed by atoms with Gasteiger partial charge in [-0.25, -0.2) is 4.79 Å². The van der Waals surface area contributed by atoms with E-state index in [1.165, 1.54) is 12.1 Å². The van der Waals surface area contributed by atoms with Crippen molar-refractivity contribution in [3.63, 3.8) is 0 Å². The number of aryl methyl sites for hydroxylation is 1. The van der Waals surface area contributed by atoms with Crippen molar-refractivity contribution < 1.29 is 18.3 Å². The predicted molar refractivity (Wildman–Crippen MR) is 56.3 cm³/mol. The lowest BCUT2D eigenvalue weighted by Gasteiger charge is -2.14. The van der Waals surface area contributed by atoms with E-state index in [0.717, 1.165) is 25.5 Å². The van der Waals surface area contributed by atoms with Crippen LogP contribution in [0.2, 0.25) is 0 Å². The molecule has 0 fully saturated rings. The topological polar surface area (TPSA) is 26.3 Å². The Hall–Kier alpha value is -1.45. The molecule has 0 heterocycles. The van der Waals surface area contributed by atoms with Gasteiger partial charge in [-0.3, -0.25) is 0 Å². The molecule has 4 heteroatoms. The van der Waals surface area contributed by atoms with Crippen molar-refractivity contribution in [3.8, 4) is 0 Å². The first-order valence-electron chi connectivity index (χ1n) is 5.08. The summed E-state index contributed by atoms with van der Waals surface area (Å²) in [4.78, 5) is 10.9. The van der Waals surface area contributed by atoms with Crippen LogP contribution in [-0.2, 0) is 21.9 Å². The quantitative estimate of drug-likeness (QED) is 0.741. The molecule has 0 N–H and O–H groups in total. The van der Waals surface area contributed by atoms with Crippen LogP contribution in [0.3, 0.4) is 0 Å². The number of carbonyl (C=O) groups is 1. The molecule has 0 amide bonds. The summed E-state index contributed by atoms with van der Waals surface area (Å²) in [6, 6.07) is 5.75. The fraction of sp³-hybridized carbons (Fsp3) is 0.417. The van der Waals surface area contributed by atoms with Gasteiger partial charge in [-0.05, 0) is 12.0 Å². The zero-order valence-corrected chi connectivity index (χ0v) is 9.30. The van der Waals surface area contributed by atoms with E-state index in [4.69, 9.17) is 0 Å². The number of halogens is 2. The summed E-state index contributed by atoms with van der Waals surface area (Å²) < 4.78 is 30.8. The highest BCUT2D eigenvalue weighted by molar-refractivity contribution is 5.79. The van der Waals surface area contributed by atoms with Gasteiger partial charge >= 0.3 is 11.9 Å². The van der Waals surface area contributed by atoms with E-state index in [0.29, 0.717) is 0 Å². The Balaban J connectivity index is 2.92. The van der Waals surface area contributed by atoms with Gasteiger partial charge < -0.3 is 4.74 Å². The highest BCUT2D eigenvalue weighted by Gasteiger charge is 2.42. The van der Waals surface area contributed by atoms with Crippen LogP contribution in [0, 0.1) is 0 Å². The van der Waals surface area contributed by atoms with Crippen molar-refractivity contribution in [2.24, 2.45) is 0 Å². The van der Waals surface area contributed by atoms with Crippen LogP contribution in [0.25, 0.3) is 0 Å². The zero-order chi connectivity index (χ0) is 12.2. The third-order valence-corrected chi connectivity index (χ3v) is 2.30. The van der Waals surface area contributed by atoms with Crippen LogP contribution in [0.5, 0.6) is 0 Å². The summed E-state index contributed by atoms with van der Waals surface area (Å²) in [5.74, 6) is -5.10. The molecule has 0 radical (unpaired) electrons. The van der Waals surface area contributed by atoms with Gasteiger partial charge in [0.05, 0.1) is 7.11 Å². The maximum Gasteiger partial charge on any atom is 0.381 e. The third-order valence-electron chi connectivity index (χ3n) is 2.30. The van der Waals surface area contributed by atoms with Crippen molar-refractivity contribution in [1.82, 2.24) is 0 Å². The lowest BCUT2D eigenvalue weighted by Crippen LogP contribution is -2.27. The minimum Gasteiger partial charge on any atom is -0.464 e. The molecular weight excluding hydrogens is 214 g/mol. The van der Waals surface area contributed by atoms with E-state index >= 15 is 0 Å². The first kappa shape index (κ1) is 12.6. The molecule has 1 aromatic carbocycles. The molecule has 0 aromatic heterocycles.